The van der Waals surface area contributed by atoms with Crippen LogP contribution in [0.5, 0.6) is 0 Å². The van der Waals surface area contributed by atoms with E-state index < -0.39 is 9.84 Å². The molecular weight excluding hydrogens is 256 g/mol. The second-order valence-electron chi connectivity index (χ2n) is 4.25. The first-order chi connectivity index (χ1) is 9.18. The maximum Gasteiger partial charge on any atom is 0.206 e. The average Bonchev–Trinajstić information content (AvgIpc) is 2.47. The van der Waals surface area contributed by atoms with E-state index in [1.54, 1.807) is 36.4 Å². The minimum Gasteiger partial charge on any atom is -0.219 e. The van der Waals surface area contributed by atoms with Gasteiger partial charge in [-0.25, -0.2) is 8.42 Å². The van der Waals surface area contributed by atoms with Gasteiger partial charge in [0.15, 0.2) is 0 Å². The molecule has 0 aliphatic heterocycles. The van der Waals surface area contributed by atoms with E-state index in [4.69, 9.17) is 0 Å². The summed E-state index contributed by atoms with van der Waals surface area (Å²) in [6.45, 7) is 0. The third kappa shape index (κ3) is 2.13. The molecule has 0 atom stereocenters. The lowest BCUT2D eigenvalue weighted by atomic mass is 10.1. The molecule has 0 bridgehead atoms. The smallest absolute Gasteiger partial charge is 0.206 e. The molecule has 3 aromatic rings. The molecule has 3 aromatic carbocycles. The van der Waals surface area contributed by atoms with E-state index in [-0.39, 0.29) is 0 Å². The summed E-state index contributed by atoms with van der Waals surface area (Å²) in [5.41, 5.74) is 0. The SMILES string of the molecule is O=S(=O)(c1cc[c]cc1)c1ccc2ccccc2c1. The standard InChI is InChI=1S/C16H11O2S/c17-19(18,15-8-2-1-3-9-15)16-11-10-13-6-4-5-7-14(13)12-16/h2-12H. The lowest BCUT2D eigenvalue weighted by molar-refractivity contribution is 0.596. The summed E-state index contributed by atoms with van der Waals surface area (Å²) in [7, 11) is -3.45. The molecule has 0 heterocycles. The van der Waals surface area contributed by atoms with Gasteiger partial charge in [0.1, 0.15) is 0 Å². The fraction of sp³-hybridized carbons (Fsp3) is 0. The predicted octanol–water partition coefficient (Wildman–Crippen LogP) is 3.47. The average molecular weight is 267 g/mol. The molecule has 0 unspecified atom stereocenters. The highest BCUT2D eigenvalue weighted by atomic mass is 32.2. The zero-order valence-electron chi connectivity index (χ0n) is 10.1. The van der Waals surface area contributed by atoms with E-state index in [9.17, 15) is 8.42 Å². The van der Waals surface area contributed by atoms with Gasteiger partial charge in [0.25, 0.3) is 0 Å². The highest BCUT2D eigenvalue weighted by molar-refractivity contribution is 7.91. The zero-order valence-corrected chi connectivity index (χ0v) is 10.9. The Morgan fingerprint density at radius 3 is 2.16 bits per heavy atom. The number of fused-ring (bicyclic) bond motifs is 1. The predicted molar refractivity (Wildman–Crippen MR) is 74.7 cm³/mol. The Bertz CT molecular complexity index is 822. The van der Waals surface area contributed by atoms with E-state index in [0.29, 0.717) is 9.79 Å². The Labute approximate surface area is 112 Å². The van der Waals surface area contributed by atoms with Crippen molar-refractivity contribution in [3.8, 4) is 0 Å². The topological polar surface area (TPSA) is 34.1 Å². The van der Waals surface area contributed by atoms with Crippen LogP contribution in [0.1, 0.15) is 0 Å². The number of rotatable bonds is 2. The van der Waals surface area contributed by atoms with Crippen LogP contribution < -0.4 is 0 Å². The van der Waals surface area contributed by atoms with Crippen LogP contribution in [0.2, 0.25) is 0 Å². The van der Waals surface area contributed by atoms with Crippen molar-refractivity contribution in [2.75, 3.05) is 0 Å². The van der Waals surface area contributed by atoms with Crippen LogP contribution in [-0.4, -0.2) is 8.42 Å². The second kappa shape index (κ2) is 4.52. The summed E-state index contributed by atoms with van der Waals surface area (Å²) in [5.74, 6) is 0. The largest absolute Gasteiger partial charge is 0.219 e. The van der Waals surface area contributed by atoms with Crippen molar-refractivity contribution >= 4 is 20.6 Å². The van der Waals surface area contributed by atoms with Gasteiger partial charge in [-0.05, 0) is 41.1 Å². The van der Waals surface area contributed by atoms with E-state index in [1.807, 2.05) is 30.3 Å². The maximum absolute atomic E-state index is 12.5. The normalized spacial score (nSPS) is 11.6. The van der Waals surface area contributed by atoms with Gasteiger partial charge in [-0.2, -0.15) is 0 Å². The van der Waals surface area contributed by atoms with Crippen LogP contribution in [0.25, 0.3) is 10.8 Å². The molecular formula is C16H11O2S. The molecule has 0 fully saturated rings. The molecule has 1 radical (unpaired) electrons. The summed E-state index contributed by atoms with van der Waals surface area (Å²) in [6, 6.07) is 22.0. The van der Waals surface area contributed by atoms with Gasteiger partial charge in [-0.15, -0.1) is 0 Å². The van der Waals surface area contributed by atoms with Crippen LogP contribution in [-0.2, 0) is 9.84 Å². The highest BCUT2D eigenvalue weighted by Gasteiger charge is 2.17. The second-order valence-corrected chi connectivity index (χ2v) is 6.20. The van der Waals surface area contributed by atoms with Crippen molar-refractivity contribution in [1.29, 1.82) is 0 Å². The van der Waals surface area contributed by atoms with E-state index in [1.165, 1.54) is 0 Å². The summed E-state index contributed by atoms with van der Waals surface area (Å²) >= 11 is 0. The molecule has 3 rings (SSSR count). The van der Waals surface area contributed by atoms with Gasteiger partial charge in [0.2, 0.25) is 9.84 Å². The first-order valence-electron chi connectivity index (χ1n) is 5.88. The number of benzene rings is 3. The van der Waals surface area contributed by atoms with Gasteiger partial charge in [-0.1, -0.05) is 42.5 Å². The first kappa shape index (κ1) is 11.9. The van der Waals surface area contributed by atoms with Crippen LogP contribution in [0, 0.1) is 6.07 Å². The number of sulfone groups is 1. The molecule has 0 spiro atoms. The van der Waals surface area contributed by atoms with Gasteiger partial charge >= 0.3 is 0 Å². The molecule has 0 saturated heterocycles. The lowest BCUT2D eigenvalue weighted by Crippen LogP contribution is -2.01. The van der Waals surface area contributed by atoms with Crippen LogP contribution in [0.3, 0.4) is 0 Å². The van der Waals surface area contributed by atoms with Gasteiger partial charge in [-0.3, -0.25) is 0 Å². The van der Waals surface area contributed by atoms with Crippen LogP contribution >= 0.6 is 0 Å². The molecule has 2 nitrogen and oxygen atoms in total. The minimum absolute atomic E-state index is 0.293. The summed E-state index contributed by atoms with van der Waals surface area (Å²) in [4.78, 5) is 0.610. The van der Waals surface area contributed by atoms with Crippen LogP contribution in [0.15, 0.2) is 76.5 Å². The van der Waals surface area contributed by atoms with E-state index in [2.05, 4.69) is 6.07 Å². The minimum atomic E-state index is -3.45. The zero-order chi connectivity index (χ0) is 13.3. The molecule has 0 aliphatic carbocycles. The third-order valence-electron chi connectivity index (χ3n) is 3.03. The van der Waals surface area contributed by atoms with Crippen molar-refractivity contribution in [2.24, 2.45) is 0 Å². The number of hydrogen-bond donors (Lipinski definition) is 0. The van der Waals surface area contributed by atoms with Crippen LogP contribution in [0.4, 0.5) is 0 Å². The van der Waals surface area contributed by atoms with Crippen molar-refractivity contribution in [3.63, 3.8) is 0 Å². The molecule has 0 N–H and O–H groups in total. The Balaban J connectivity index is 2.19. The molecule has 0 aliphatic rings. The monoisotopic (exact) mass is 267 g/mol. The Morgan fingerprint density at radius 1 is 0.737 bits per heavy atom. The summed E-state index contributed by atoms with van der Waals surface area (Å²) < 4.78 is 24.9. The van der Waals surface area contributed by atoms with Gasteiger partial charge in [0, 0.05) is 0 Å². The summed E-state index contributed by atoms with van der Waals surface area (Å²) in [6.07, 6.45) is 0. The fourth-order valence-electron chi connectivity index (χ4n) is 2.02. The first-order valence-corrected chi connectivity index (χ1v) is 7.36. The maximum atomic E-state index is 12.5. The molecule has 0 aromatic heterocycles. The molecule has 0 saturated carbocycles. The van der Waals surface area contributed by atoms with Crippen molar-refractivity contribution in [3.05, 3.63) is 72.8 Å². The molecule has 3 heteroatoms. The number of hydrogen-bond acceptors (Lipinski definition) is 2. The third-order valence-corrected chi connectivity index (χ3v) is 4.80. The van der Waals surface area contributed by atoms with Gasteiger partial charge in [0.05, 0.1) is 9.79 Å². The van der Waals surface area contributed by atoms with Gasteiger partial charge < -0.3 is 0 Å². The quantitative estimate of drug-likeness (QED) is 0.712. The fourth-order valence-corrected chi connectivity index (χ4v) is 3.32. The molecule has 93 valence electrons. The molecule has 0 amide bonds. The summed E-state index contributed by atoms with van der Waals surface area (Å²) in [5, 5.41) is 1.95. The van der Waals surface area contributed by atoms with Crippen molar-refractivity contribution in [2.45, 2.75) is 9.79 Å². The van der Waals surface area contributed by atoms with E-state index >= 15 is 0 Å². The van der Waals surface area contributed by atoms with Crippen molar-refractivity contribution < 1.29 is 8.42 Å². The Hall–Kier alpha value is -2.13. The van der Waals surface area contributed by atoms with Crippen molar-refractivity contribution in [1.82, 2.24) is 0 Å². The Morgan fingerprint density at radius 2 is 1.42 bits per heavy atom. The highest BCUT2D eigenvalue weighted by Crippen LogP contribution is 2.24. The Kier molecular flexibility index (Phi) is 2.84. The molecule has 19 heavy (non-hydrogen) atoms. The lowest BCUT2D eigenvalue weighted by Gasteiger charge is -2.05. The van der Waals surface area contributed by atoms with E-state index in [0.717, 1.165) is 10.8 Å².